The number of thiol groups is 1. The van der Waals surface area contributed by atoms with Gasteiger partial charge < -0.3 is 19.5 Å². The number of halogens is 3. The number of thiazole rings is 1. The minimum absolute atomic E-state index is 0.0355. The number of rotatable bonds is 6. The molecule has 0 aliphatic heterocycles. The van der Waals surface area contributed by atoms with Gasteiger partial charge in [-0.15, -0.1) is 24.0 Å². The van der Waals surface area contributed by atoms with Crippen LogP contribution < -0.4 is 4.80 Å². The Bertz CT molecular complexity index is 1500. The lowest BCUT2D eigenvalue weighted by Gasteiger charge is -2.20. The third-order valence-corrected chi connectivity index (χ3v) is 7.97. The largest absolute Gasteiger partial charge is 0.507 e. The summed E-state index contributed by atoms with van der Waals surface area (Å²) < 4.78 is 41.6. The number of hydrogen-bond donors (Lipinski definition) is 4. The smallest absolute Gasteiger partial charge is 0.399 e. The van der Waals surface area contributed by atoms with Crippen LogP contribution in [0.15, 0.2) is 86.5 Å². The molecule has 4 rings (SSSR count). The minimum Gasteiger partial charge on any atom is -0.507 e. The lowest BCUT2D eigenvalue weighted by atomic mass is 10.1. The molecule has 6 nitrogen and oxygen atoms in total. The second-order valence-electron chi connectivity index (χ2n) is 7.54. The van der Waals surface area contributed by atoms with Gasteiger partial charge in [0, 0.05) is 20.3 Å². The summed E-state index contributed by atoms with van der Waals surface area (Å²) in [4.78, 5) is 23.8. The lowest BCUT2D eigenvalue weighted by Crippen LogP contribution is -2.18. The van der Waals surface area contributed by atoms with E-state index >= 15 is 0 Å². The van der Waals surface area contributed by atoms with Gasteiger partial charge in [0.25, 0.3) is 0 Å². The Labute approximate surface area is 216 Å². The molecule has 0 atom stereocenters. The van der Waals surface area contributed by atoms with Gasteiger partial charge in [-0.3, -0.25) is 4.57 Å². The predicted octanol–water partition coefficient (Wildman–Crippen LogP) is 6.48. The van der Waals surface area contributed by atoms with Crippen molar-refractivity contribution in [1.82, 2.24) is 4.57 Å². The van der Waals surface area contributed by atoms with Gasteiger partial charge in [-0.2, -0.15) is 8.78 Å². The van der Waals surface area contributed by atoms with Crippen molar-refractivity contribution in [3.05, 3.63) is 92.5 Å². The second kappa shape index (κ2) is 10.0. The molecule has 182 valence electrons. The summed E-state index contributed by atoms with van der Waals surface area (Å²) in [6.07, 6.45) is 0. The Morgan fingerprint density at radius 1 is 1.09 bits per heavy atom. The van der Waals surface area contributed by atoms with E-state index in [0.29, 0.717) is 20.9 Å². The fraction of sp³-hybridized carbons (Fsp3) is 0.0870. The highest BCUT2D eigenvalue weighted by Gasteiger charge is 2.51. The molecule has 0 bridgehead atoms. The summed E-state index contributed by atoms with van der Waals surface area (Å²) >= 11 is 8.66. The SMILES string of the molecule is O=P(O)(O)C(F)(F)c1ccc(Cn2c(-c3ccccc3)csc2=Nc2ccc(O)c(S)c2)cc1Br. The van der Waals surface area contributed by atoms with Crippen LogP contribution in [0.5, 0.6) is 5.75 Å². The monoisotopic (exact) mass is 598 g/mol. The van der Waals surface area contributed by atoms with Crippen LogP contribution in [0, 0.1) is 0 Å². The standard InChI is InChI=1S/C23H18BrF2N2O4PS2/c24-18-10-14(6-8-17(18)23(25,26)33(30,31)32)12-28-19(15-4-2-1-3-5-15)13-35-22(28)27-16-7-9-20(29)21(34)11-16/h1-11,13,29,34H,12H2,(H2,30,31,32). The second-order valence-corrected chi connectivity index (χ2v) is 11.4. The van der Waals surface area contributed by atoms with Crippen LogP contribution in [-0.2, 0) is 16.8 Å². The Hall–Kier alpha value is -2.27. The van der Waals surface area contributed by atoms with Crippen molar-refractivity contribution in [2.45, 2.75) is 17.1 Å². The number of hydrogen-bond acceptors (Lipinski definition) is 5. The Balaban J connectivity index is 1.81. The molecule has 0 aliphatic carbocycles. The first-order valence-electron chi connectivity index (χ1n) is 10.00. The molecule has 0 fully saturated rings. The molecule has 0 saturated heterocycles. The van der Waals surface area contributed by atoms with E-state index in [9.17, 15) is 18.5 Å². The molecule has 0 amide bonds. The van der Waals surface area contributed by atoms with Crippen molar-refractivity contribution in [3.63, 3.8) is 0 Å². The molecule has 4 aromatic rings. The average Bonchev–Trinajstić information content (AvgIpc) is 3.18. The molecule has 0 aliphatic rings. The fourth-order valence-corrected chi connectivity index (χ4v) is 5.82. The molecule has 35 heavy (non-hydrogen) atoms. The highest BCUT2D eigenvalue weighted by atomic mass is 79.9. The molecule has 0 radical (unpaired) electrons. The fourth-order valence-electron chi connectivity index (χ4n) is 3.34. The van der Waals surface area contributed by atoms with E-state index < -0.39 is 18.8 Å². The summed E-state index contributed by atoms with van der Waals surface area (Å²) in [6.45, 7) is 0.249. The molecule has 1 aromatic heterocycles. The number of benzene rings is 3. The van der Waals surface area contributed by atoms with E-state index in [1.165, 1.54) is 29.5 Å². The highest BCUT2D eigenvalue weighted by Crippen LogP contribution is 2.60. The van der Waals surface area contributed by atoms with Crippen molar-refractivity contribution in [2.75, 3.05) is 0 Å². The Morgan fingerprint density at radius 3 is 2.43 bits per heavy atom. The van der Waals surface area contributed by atoms with E-state index in [4.69, 9.17) is 9.79 Å². The van der Waals surface area contributed by atoms with Crippen LogP contribution in [0.4, 0.5) is 14.5 Å². The van der Waals surface area contributed by atoms with Gasteiger partial charge in [-0.05, 0) is 35.4 Å². The third-order valence-electron chi connectivity index (χ3n) is 5.12. The topological polar surface area (TPSA) is 95.0 Å². The van der Waals surface area contributed by atoms with Crippen LogP contribution >= 0.6 is 47.5 Å². The number of aromatic nitrogens is 1. The predicted molar refractivity (Wildman–Crippen MR) is 138 cm³/mol. The van der Waals surface area contributed by atoms with Crippen LogP contribution in [0.3, 0.4) is 0 Å². The summed E-state index contributed by atoms with van der Waals surface area (Å²) in [5.74, 6) is 0.0355. The first-order valence-corrected chi connectivity index (χ1v) is 13.7. The van der Waals surface area contributed by atoms with E-state index in [1.54, 1.807) is 12.1 Å². The molecule has 3 N–H and O–H groups in total. The highest BCUT2D eigenvalue weighted by molar-refractivity contribution is 9.10. The molecular formula is C23H18BrF2N2O4PS2. The number of nitrogens with zero attached hydrogens (tertiary/aromatic N) is 2. The van der Waals surface area contributed by atoms with Crippen LogP contribution in [0.25, 0.3) is 11.3 Å². The Morgan fingerprint density at radius 2 is 1.80 bits per heavy atom. The normalized spacial score (nSPS) is 12.8. The zero-order valence-electron chi connectivity index (χ0n) is 17.7. The maximum absolute atomic E-state index is 14.2. The van der Waals surface area contributed by atoms with Crippen molar-refractivity contribution in [3.8, 4) is 17.0 Å². The van der Waals surface area contributed by atoms with Crippen LogP contribution in [0.1, 0.15) is 11.1 Å². The van der Waals surface area contributed by atoms with Crippen molar-refractivity contribution < 1.29 is 28.2 Å². The summed E-state index contributed by atoms with van der Waals surface area (Å²) in [5.41, 5.74) is -2.16. The van der Waals surface area contributed by atoms with Crippen LogP contribution in [-0.4, -0.2) is 19.5 Å². The molecule has 0 unspecified atom stereocenters. The molecule has 12 heteroatoms. The summed E-state index contributed by atoms with van der Waals surface area (Å²) in [6, 6.07) is 18.2. The first kappa shape index (κ1) is 25.8. The number of aromatic hydroxyl groups is 1. The number of phenolic OH excluding ortho intramolecular Hbond substituents is 1. The molecule has 3 aromatic carbocycles. The average molecular weight is 599 g/mol. The molecular weight excluding hydrogens is 581 g/mol. The van der Waals surface area contributed by atoms with Gasteiger partial charge in [0.15, 0.2) is 4.80 Å². The summed E-state index contributed by atoms with van der Waals surface area (Å²) in [5, 5.41) is 11.7. The van der Waals surface area contributed by atoms with E-state index in [0.717, 1.165) is 17.3 Å². The zero-order chi connectivity index (χ0) is 25.4. The first-order chi connectivity index (χ1) is 16.5. The maximum atomic E-state index is 14.2. The minimum atomic E-state index is -5.70. The third kappa shape index (κ3) is 5.45. The maximum Gasteiger partial charge on any atom is 0.399 e. The van der Waals surface area contributed by atoms with Gasteiger partial charge in [-0.25, -0.2) is 4.99 Å². The lowest BCUT2D eigenvalue weighted by molar-refractivity contribution is 0.0557. The van der Waals surface area contributed by atoms with Crippen molar-refractivity contribution in [1.29, 1.82) is 0 Å². The molecule has 1 heterocycles. The van der Waals surface area contributed by atoms with Gasteiger partial charge in [0.05, 0.1) is 17.9 Å². The van der Waals surface area contributed by atoms with E-state index in [2.05, 4.69) is 33.6 Å². The van der Waals surface area contributed by atoms with Crippen molar-refractivity contribution in [2.24, 2.45) is 4.99 Å². The Kier molecular flexibility index (Phi) is 7.38. The van der Waals surface area contributed by atoms with Gasteiger partial charge >= 0.3 is 13.3 Å². The van der Waals surface area contributed by atoms with Crippen molar-refractivity contribution >= 4 is 53.2 Å². The number of phenols is 1. The molecule has 0 spiro atoms. The summed E-state index contributed by atoms with van der Waals surface area (Å²) in [7, 11) is -5.70. The van der Waals surface area contributed by atoms with Gasteiger partial charge in [0.2, 0.25) is 0 Å². The zero-order valence-corrected chi connectivity index (χ0v) is 21.9. The van der Waals surface area contributed by atoms with E-state index in [1.807, 2.05) is 40.3 Å². The molecule has 0 saturated carbocycles. The van der Waals surface area contributed by atoms with Crippen LogP contribution in [0.2, 0.25) is 0 Å². The van der Waals surface area contributed by atoms with E-state index in [-0.39, 0.29) is 16.8 Å². The number of alkyl halides is 2. The van der Waals surface area contributed by atoms with Gasteiger partial charge in [-0.1, -0.05) is 58.4 Å². The quantitative estimate of drug-likeness (QED) is 0.151. The van der Waals surface area contributed by atoms with Gasteiger partial charge in [0.1, 0.15) is 5.75 Å².